The lowest BCUT2D eigenvalue weighted by Crippen LogP contribution is -2.22. The summed E-state index contributed by atoms with van der Waals surface area (Å²) < 4.78 is 28.6. The van der Waals surface area contributed by atoms with Gasteiger partial charge in [0.1, 0.15) is 35.5 Å². The molecule has 4 aromatic carbocycles. The van der Waals surface area contributed by atoms with Gasteiger partial charge >= 0.3 is 5.97 Å². The van der Waals surface area contributed by atoms with Crippen molar-refractivity contribution in [1.82, 2.24) is 0 Å². The molecule has 0 fully saturated rings. The summed E-state index contributed by atoms with van der Waals surface area (Å²) in [5, 5.41) is 11.2. The number of carbonyl (C=O) groups excluding carboxylic acids is 1. The zero-order valence-corrected chi connectivity index (χ0v) is 24.5. The highest BCUT2D eigenvalue weighted by molar-refractivity contribution is 6.30. The summed E-state index contributed by atoms with van der Waals surface area (Å²) in [5.41, 5.74) is 8.79. The molecule has 1 atom stereocenters. The summed E-state index contributed by atoms with van der Waals surface area (Å²) in [4.78, 5) is 12.4. The third-order valence-electron chi connectivity index (χ3n) is 6.50. The molecule has 0 radical (unpaired) electrons. The van der Waals surface area contributed by atoms with Crippen LogP contribution < -0.4 is 29.4 Å². The predicted octanol–water partition coefficient (Wildman–Crippen LogP) is 7.17. The van der Waals surface area contributed by atoms with E-state index in [1.807, 2.05) is 31.2 Å². The SMILES string of the molecule is CCOc1cc(C2C(C#N)=C(N)Oc3cc(OC(=O)COc4ccc(Cl)cc4)ccc32)ccc1OCc1ccc(Cl)cc1. The highest BCUT2D eigenvalue weighted by Gasteiger charge is 2.32. The van der Waals surface area contributed by atoms with Gasteiger partial charge in [-0.05, 0) is 72.6 Å². The van der Waals surface area contributed by atoms with Crippen molar-refractivity contribution in [2.75, 3.05) is 13.2 Å². The normalized spacial score (nSPS) is 13.8. The lowest BCUT2D eigenvalue weighted by Gasteiger charge is -2.27. The number of fused-ring (bicyclic) bond motifs is 1. The summed E-state index contributed by atoms with van der Waals surface area (Å²) >= 11 is 11.9. The smallest absolute Gasteiger partial charge is 0.349 e. The minimum atomic E-state index is -0.612. The van der Waals surface area contributed by atoms with Gasteiger partial charge in [-0.15, -0.1) is 0 Å². The fourth-order valence-corrected chi connectivity index (χ4v) is 4.76. The number of rotatable bonds is 10. The van der Waals surface area contributed by atoms with Crippen molar-refractivity contribution in [1.29, 1.82) is 5.26 Å². The van der Waals surface area contributed by atoms with Gasteiger partial charge < -0.3 is 29.4 Å². The second-order valence-corrected chi connectivity index (χ2v) is 10.3. The largest absolute Gasteiger partial charge is 0.490 e. The van der Waals surface area contributed by atoms with Crippen LogP contribution in [0.2, 0.25) is 10.0 Å². The van der Waals surface area contributed by atoms with E-state index in [1.54, 1.807) is 60.7 Å². The average Bonchev–Trinajstić information content (AvgIpc) is 3.00. The molecule has 1 aliphatic rings. The molecule has 5 rings (SSSR count). The Morgan fingerprint density at radius 3 is 2.28 bits per heavy atom. The lowest BCUT2D eigenvalue weighted by atomic mass is 9.83. The van der Waals surface area contributed by atoms with Gasteiger partial charge in [0, 0.05) is 21.7 Å². The zero-order valence-electron chi connectivity index (χ0n) is 23.0. The molecule has 1 unspecified atom stereocenters. The number of nitriles is 1. The number of nitrogens with zero attached hydrogens (tertiary/aromatic N) is 1. The molecule has 0 saturated carbocycles. The number of benzene rings is 4. The van der Waals surface area contributed by atoms with Crippen LogP contribution in [-0.2, 0) is 11.4 Å². The number of hydrogen-bond acceptors (Lipinski definition) is 8. The Bertz CT molecular complexity index is 1700. The minimum Gasteiger partial charge on any atom is -0.490 e. The van der Waals surface area contributed by atoms with Crippen molar-refractivity contribution in [3.8, 4) is 34.8 Å². The summed E-state index contributed by atoms with van der Waals surface area (Å²) in [6.07, 6.45) is 0. The van der Waals surface area contributed by atoms with Crippen molar-refractivity contribution in [2.24, 2.45) is 5.73 Å². The van der Waals surface area contributed by atoms with E-state index < -0.39 is 11.9 Å². The molecule has 0 bridgehead atoms. The van der Waals surface area contributed by atoms with E-state index in [9.17, 15) is 10.1 Å². The number of allylic oxidation sites excluding steroid dienone is 1. The number of halogens is 2. The first-order valence-electron chi connectivity index (χ1n) is 13.3. The predicted molar refractivity (Wildman–Crippen MR) is 162 cm³/mol. The van der Waals surface area contributed by atoms with Gasteiger partial charge in [0.2, 0.25) is 5.88 Å². The van der Waals surface area contributed by atoms with Crippen molar-refractivity contribution < 1.29 is 28.5 Å². The van der Waals surface area contributed by atoms with E-state index in [2.05, 4.69) is 6.07 Å². The summed E-state index contributed by atoms with van der Waals surface area (Å²) in [6, 6.07) is 26.6. The molecular formula is C33H26Cl2N2O6. The molecule has 0 saturated heterocycles. The van der Waals surface area contributed by atoms with E-state index >= 15 is 0 Å². The zero-order chi connectivity index (χ0) is 30.3. The maximum Gasteiger partial charge on any atom is 0.349 e. The highest BCUT2D eigenvalue weighted by atomic mass is 35.5. The highest BCUT2D eigenvalue weighted by Crippen LogP contribution is 2.45. The van der Waals surface area contributed by atoms with Crippen LogP contribution in [0.15, 0.2) is 96.4 Å². The lowest BCUT2D eigenvalue weighted by molar-refractivity contribution is -0.136. The molecule has 1 heterocycles. The Morgan fingerprint density at radius 1 is 0.884 bits per heavy atom. The molecule has 0 spiro atoms. The molecule has 0 aromatic heterocycles. The molecule has 43 heavy (non-hydrogen) atoms. The molecule has 4 aromatic rings. The molecule has 2 N–H and O–H groups in total. The minimum absolute atomic E-state index is 0.0458. The number of esters is 1. The molecule has 8 nitrogen and oxygen atoms in total. The van der Waals surface area contributed by atoms with E-state index in [4.69, 9.17) is 52.6 Å². The average molecular weight is 617 g/mol. The maximum atomic E-state index is 12.4. The van der Waals surface area contributed by atoms with E-state index in [0.717, 1.165) is 11.1 Å². The molecule has 0 aliphatic carbocycles. The fraction of sp³-hybridized carbons (Fsp3) is 0.152. The van der Waals surface area contributed by atoms with Gasteiger partial charge in [-0.25, -0.2) is 4.79 Å². The monoisotopic (exact) mass is 616 g/mol. The summed E-state index contributed by atoms with van der Waals surface area (Å²) in [5.74, 6) is 0.914. The van der Waals surface area contributed by atoms with Crippen LogP contribution in [0.1, 0.15) is 29.5 Å². The Hall–Kier alpha value is -4.84. The van der Waals surface area contributed by atoms with Crippen LogP contribution in [-0.4, -0.2) is 19.2 Å². The van der Waals surface area contributed by atoms with Crippen LogP contribution in [0.5, 0.6) is 28.7 Å². The second-order valence-electron chi connectivity index (χ2n) is 9.40. The van der Waals surface area contributed by atoms with Crippen molar-refractivity contribution in [2.45, 2.75) is 19.4 Å². The maximum absolute atomic E-state index is 12.4. The van der Waals surface area contributed by atoms with Gasteiger partial charge in [-0.3, -0.25) is 0 Å². The first-order valence-corrected chi connectivity index (χ1v) is 14.0. The van der Waals surface area contributed by atoms with E-state index in [1.165, 1.54) is 0 Å². The van der Waals surface area contributed by atoms with Crippen molar-refractivity contribution in [3.05, 3.63) is 123 Å². The van der Waals surface area contributed by atoms with Gasteiger partial charge in [-0.1, -0.05) is 47.5 Å². The molecule has 0 amide bonds. The quantitative estimate of drug-likeness (QED) is 0.147. The first-order chi connectivity index (χ1) is 20.8. The molecule has 10 heteroatoms. The number of hydrogen-bond donors (Lipinski definition) is 1. The third kappa shape index (κ3) is 7.15. The number of ether oxygens (including phenoxy) is 5. The number of carbonyl (C=O) groups is 1. The molecule has 218 valence electrons. The van der Waals surface area contributed by atoms with Gasteiger partial charge in [0.05, 0.1) is 12.5 Å². The van der Waals surface area contributed by atoms with Crippen LogP contribution in [0, 0.1) is 11.3 Å². The topological polar surface area (TPSA) is 113 Å². The Morgan fingerprint density at radius 2 is 1.58 bits per heavy atom. The van der Waals surface area contributed by atoms with Gasteiger partial charge in [-0.2, -0.15) is 5.26 Å². The van der Waals surface area contributed by atoms with E-state index in [-0.39, 0.29) is 23.8 Å². The van der Waals surface area contributed by atoms with Crippen LogP contribution in [0.25, 0.3) is 0 Å². The fourth-order valence-electron chi connectivity index (χ4n) is 4.51. The van der Waals surface area contributed by atoms with Gasteiger partial charge in [0.15, 0.2) is 18.1 Å². The molecular weight excluding hydrogens is 591 g/mol. The standard InChI is InChI=1S/C33H26Cl2N2O6/c1-2-39-30-15-21(5-14-28(30)41-18-20-3-6-22(34)7-4-20)32-26-13-12-25(16-29(26)43-33(37)27(32)17-36)42-31(38)19-40-24-10-8-23(35)9-11-24/h3-16,32H,2,18-19,37H2,1H3. The van der Waals surface area contributed by atoms with Crippen LogP contribution in [0.3, 0.4) is 0 Å². The van der Waals surface area contributed by atoms with Crippen molar-refractivity contribution >= 4 is 29.2 Å². The second kappa shape index (κ2) is 13.4. The molecule has 1 aliphatic heterocycles. The Balaban J connectivity index is 1.36. The Labute approximate surface area is 258 Å². The van der Waals surface area contributed by atoms with E-state index in [0.29, 0.717) is 51.8 Å². The summed E-state index contributed by atoms with van der Waals surface area (Å²) in [7, 11) is 0. The number of nitrogens with two attached hydrogens (primary N) is 1. The van der Waals surface area contributed by atoms with Crippen LogP contribution in [0.4, 0.5) is 0 Å². The van der Waals surface area contributed by atoms with Crippen molar-refractivity contribution in [3.63, 3.8) is 0 Å². The Kier molecular flexibility index (Phi) is 9.26. The van der Waals surface area contributed by atoms with Crippen LogP contribution >= 0.6 is 23.2 Å². The first kappa shape index (κ1) is 29.6. The third-order valence-corrected chi connectivity index (χ3v) is 7.01. The summed E-state index contributed by atoms with van der Waals surface area (Å²) in [6.45, 7) is 2.29. The van der Waals surface area contributed by atoms with Gasteiger partial charge in [0.25, 0.3) is 0 Å².